The Bertz CT molecular complexity index is 649. The van der Waals surface area contributed by atoms with Crippen LogP contribution in [0, 0.1) is 9.39 Å². The third kappa shape index (κ3) is 4.32. The van der Waals surface area contributed by atoms with Crippen LogP contribution in [0.1, 0.15) is 10.4 Å². The first kappa shape index (κ1) is 15.6. The minimum absolute atomic E-state index is 0.133. The molecule has 0 bridgehead atoms. The van der Waals surface area contributed by atoms with Gasteiger partial charge in [0, 0.05) is 15.8 Å². The minimum Gasteiger partial charge on any atom is -0.491 e. The van der Waals surface area contributed by atoms with Crippen molar-refractivity contribution in [3.63, 3.8) is 0 Å². The zero-order chi connectivity index (χ0) is 15.2. The first-order valence-corrected chi connectivity index (χ1v) is 7.30. The fraction of sp³-hybridized carbons (Fsp3) is 0.133. The first-order valence-electron chi connectivity index (χ1n) is 6.22. The largest absolute Gasteiger partial charge is 0.491 e. The van der Waals surface area contributed by atoms with Gasteiger partial charge in [-0.1, -0.05) is 12.1 Å². The number of hydrogen-bond donors (Lipinski definition) is 2. The van der Waals surface area contributed by atoms with Gasteiger partial charge in [-0.2, -0.15) is 0 Å². The molecular formula is C15H13FINO3. The molecule has 2 rings (SSSR count). The average molecular weight is 401 g/mol. The van der Waals surface area contributed by atoms with E-state index in [9.17, 15) is 9.18 Å². The molecule has 110 valence electrons. The highest BCUT2D eigenvalue weighted by Crippen LogP contribution is 2.20. The Hall–Kier alpha value is -1.83. The summed E-state index contributed by atoms with van der Waals surface area (Å²) in [4.78, 5) is 11.0. The van der Waals surface area contributed by atoms with E-state index in [4.69, 9.17) is 9.84 Å². The van der Waals surface area contributed by atoms with E-state index in [-0.39, 0.29) is 11.4 Å². The van der Waals surface area contributed by atoms with Crippen molar-refractivity contribution < 1.29 is 19.0 Å². The molecule has 0 saturated heterocycles. The third-order valence-corrected chi connectivity index (χ3v) is 3.62. The summed E-state index contributed by atoms with van der Waals surface area (Å²) in [5.41, 5.74) is 0.945. The molecule has 0 aliphatic heterocycles. The summed E-state index contributed by atoms with van der Waals surface area (Å²) in [6.45, 7) is 0.785. The van der Waals surface area contributed by atoms with Crippen LogP contribution in [0.15, 0.2) is 42.5 Å². The van der Waals surface area contributed by atoms with Crippen LogP contribution in [-0.2, 0) is 0 Å². The van der Waals surface area contributed by atoms with Crippen LogP contribution in [0.2, 0.25) is 0 Å². The van der Waals surface area contributed by atoms with Crippen LogP contribution in [0.25, 0.3) is 0 Å². The van der Waals surface area contributed by atoms with Crippen LogP contribution in [0.5, 0.6) is 5.75 Å². The Morgan fingerprint density at radius 1 is 1.29 bits per heavy atom. The molecule has 0 aliphatic carbocycles. The number of para-hydroxylation sites is 1. The molecule has 0 amide bonds. The van der Waals surface area contributed by atoms with Crippen molar-refractivity contribution in [2.45, 2.75) is 0 Å². The zero-order valence-electron chi connectivity index (χ0n) is 11.0. The van der Waals surface area contributed by atoms with Gasteiger partial charge in [-0.3, -0.25) is 0 Å². The number of anilines is 1. The lowest BCUT2D eigenvalue weighted by Crippen LogP contribution is -2.13. The highest BCUT2D eigenvalue weighted by Gasteiger charge is 2.09. The fourth-order valence-corrected chi connectivity index (χ4v) is 2.42. The van der Waals surface area contributed by atoms with Crippen LogP contribution in [0.3, 0.4) is 0 Å². The second kappa shape index (κ2) is 7.26. The number of nitrogens with one attached hydrogen (secondary N) is 1. The molecule has 0 fully saturated rings. The van der Waals surface area contributed by atoms with Crippen molar-refractivity contribution >= 4 is 34.2 Å². The molecule has 6 heteroatoms. The topological polar surface area (TPSA) is 58.6 Å². The van der Waals surface area contributed by atoms with Crippen molar-refractivity contribution in [3.8, 4) is 5.75 Å². The molecule has 2 aromatic rings. The van der Waals surface area contributed by atoms with Gasteiger partial charge in [-0.05, 0) is 52.9 Å². The number of carbonyl (C=O) groups is 1. The van der Waals surface area contributed by atoms with Crippen LogP contribution in [-0.4, -0.2) is 24.2 Å². The molecule has 2 N–H and O–H groups in total. The van der Waals surface area contributed by atoms with E-state index < -0.39 is 5.97 Å². The fourth-order valence-electron chi connectivity index (χ4n) is 1.75. The van der Waals surface area contributed by atoms with Crippen molar-refractivity contribution in [3.05, 3.63) is 57.4 Å². The molecule has 0 radical (unpaired) electrons. The smallest absolute Gasteiger partial charge is 0.339 e. The van der Waals surface area contributed by atoms with E-state index in [2.05, 4.69) is 5.32 Å². The molecule has 21 heavy (non-hydrogen) atoms. The number of halogens is 2. The summed E-state index contributed by atoms with van der Waals surface area (Å²) >= 11 is 2.04. The number of rotatable bonds is 6. The summed E-state index contributed by atoms with van der Waals surface area (Å²) < 4.78 is 19.2. The van der Waals surface area contributed by atoms with E-state index >= 15 is 0 Å². The van der Waals surface area contributed by atoms with Gasteiger partial charge in [0.05, 0.1) is 0 Å². The van der Waals surface area contributed by atoms with Crippen LogP contribution >= 0.6 is 22.6 Å². The minimum atomic E-state index is -1.02. The van der Waals surface area contributed by atoms with E-state index in [0.29, 0.717) is 18.9 Å². The van der Waals surface area contributed by atoms with E-state index in [0.717, 1.165) is 9.26 Å². The Kier molecular flexibility index (Phi) is 5.38. The second-order valence-corrected chi connectivity index (χ2v) is 5.36. The Balaban J connectivity index is 1.89. The lowest BCUT2D eigenvalue weighted by atomic mass is 10.2. The molecular weight excluding hydrogens is 388 g/mol. The highest BCUT2D eigenvalue weighted by atomic mass is 127. The quantitative estimate of drug-likeness (QED) is 0.574. The molecule has 0 atom stereocenters. The van der Waals surface area contributed by atoms with Gasteiger partial charge in [0.2, 0.25) is 0 Å². The number of hydrogen-bond acceptors (Lipinski definition) is 3. The Labute approximate surface area is 135 Å². The predicted molar refractivity (Wildman–Crippen MR) is 86.5 cm³/mol. The molecule has 0 heterocycles. The maximum absolute atomic E-state index is 13.0. The molecule has 0 unspecified atom stereocenters. The van der Waals surface area contributed by atoms with E-state index in [1.165, 1.54) is 18.2 Å². The zero-order valence-corrected chi connectivity index (χ0v) is 13.1. The van der Waals surface area contributed by atoms with Gasteiger partial charge in [-0.25, -0.2) is 9.18 Å². The normalized spacial score (nSPS) is 10.2. The first-order chi connectivity index (χ1) is 10.1. The third-order valence-electron chi connectivity index (χ3n) is 2.72. The molecule has 4 nitrogen and oxygen atoms in total. The predicted octanol–water partition coefficient (Wildman–Crippen LogP) is 3.62. The molecule has 0 saturated carbocycles. The number of benzene rings is 2. The van der Waals surface area contributed by atoms with Crippen LogP contribution in [0.4, 0.5) is 10.1 Å². The Morgan fingerprint density at radius 2 is 2.05 bits per heavy atom. The monoisotopic (exact) mass is 401 g/mol. The van der Waals surface area contributed by atoms with Gasteiger partial charge in [-0.15, -0.1) is 0 Å². The van der Waals surface area contributed by atoms with Gasteiger partial charge in [0.25, 0.3) is 0 Å². The molecule has 0 aliphatic rings. The molecule has 0 spiro atoms. The number of ether oxygens (including phenoxy) is 1. The second-order valence-electron chi connectivity index (χ2n) is 4.20. The van der Waals surface area contributed by atoms with Crippen molar-refractivity contribution in [1.29, 1.82) is 0 Å². The van der Waals surface area contributed by atoms with Crippen molar-refractivity contribution in [2.24, 2.45) is 0 Å². The summed E-state index contributed by atoms with van der Waals surface area (Å²) in [5, 5.41) is 12.1. The van der Waals surface area contributed by atoms with Gasteiger partial charge in [0.15, 0.2) is 0 Å². The van der Waals surface area contributed by atoms with E-state index in [1.807, 2.05) is 22.6 Å². The summed E-state index contributed by atoms with van der Waals surface area (Å²) in [7, 11) is 0. The molecule has 2 aromatic carbocycles. The van der Waals surface area contributed by atoms with Crippen molar-refractivity contribution in [1.82, 2.24) is 0 Å². The lowest BCUT2D eigenvalue weighted by molar-refractivity contribution is 0.0692. The number of carboxylic acids is 1. The number of carboxylic acid groups (broad SMARTS) is 1. The van der Waals surface area contributed by atoms with Crippen molar-refractivity contribution in [2.75, 3.05) is 18.5 Å². The molecule has 0 aromatic heterocycles. The van der Waals surface area contributed by atoms with E-state index in [1.54, 1.807) is 24.3 Å². The summed E-state index contributed by atoms with van der Waals surface area (Å²) in [5.74, 6) is -0.969. The lowest BCUT2D eigenvalue weighted by Gasteiger charge is -2.11. The maximum atomic E-state index is 13.0. The SMILES string of the molecule is O=C(O)c1ccccc1OCCNc1ccc(F)cc1I. The van der Waals surface area contributed by atoms with Crippen LogP contribution < -0.4 is 10.1 Å². The highest BCUT2D eigenvalue weighted by molar-refractivity contribution is 14.1. The standard InChI is InChI=1S/C15H13FINO3/c16-10-5-6-13(12(17)9-10)18-7-8-21-14-4-2-1-3-11(14)15(19)20/h1-6,9,18H,7-8H2,(H,19,20). The van der Waals surface area contributed by atoms with Gasteiger partial charge in [0.1, 0.15) is 23.7 Å². The summed E-state index contributed by atoms with van der Waals surface area (Å²) in [6.07, 6.45) is 0. The maximum Gasteiger partial charge on any atom is 0.339 e. The summed E-state index contributed by atoms with van der Waals surface area (Å²) in [6, 6.07) is 10.9. The Morgan fingerprint density at radius 3 is 2.76 bits per heavy atom. The van der Waals surface area contributed by atoms with Gasteiger partial charge < -0.3 is 15.2 Å². The number of aromatic carboxylic acids is 1. The average Bonchev–Trinajstić information content (AvgIpc) is 2.45. The van der Waals surface area contributed by atoms with Gasteiger partial charge >= 0.3 is 5.97 Å².